The van der Waals surface area contributed by atoms with Gasteiger partial charge >= 0.3 is 0 Å². The summed E-state index contributed by atoms with van der Waals surface area (Å²) >= 11 is 0. The molecule has 12 heavy (non-hydrogen) atoms. The zero-order valence-corrected chi connectivity index (χ0v) is 8.05. The maximum atomic E-state index is 11.4. The predicted molar refractivity (Wildman–Crippen MR) is 48.8 cm³/mol. The summed E-state index contributed by atoms with van der Waals surface area (Å²) in [6.45, 7) is 5.24. The van der Waals surface area contributed by atoms with Crippen molar-refractivity contribution in [2.24, 2.45) is 11.8 Å². The SMILES string of the molecule is CNC(=O)C1CCNC(C)C1C. The lowest BCUT2D eigenvalue weighted by Crippen LogP contribution is -2.47. The number of hydrogen-bond acceptors (Lipinski definition) is 2. The summed E-state index contributed by atoms with van der Waals surface area (Å²) in [6, 6.07) is 0.459. The van der Waals surface area contributed by atoms with Gasteiger partial charge in [-0.1, -0.05) is 6.92 Å². The first-order valence-electron chi connectivity index (χ1n) is 4.61. The third-order valence-electron chi connectivity index (χ3n) is 2.93. The number of amides is 1. The summed E-state index contributed by atoms with van der Waals surface area (Å²) in [5.74, 6) is 0.834. The third-order valence-corrected chi connectivity index (χ3v) is 2.93. The van der Waals surface area contributed by atoms with Crippen molar-refractivity contribution < 1.29 is 4.79 Å². The number of carbonyl (C=O) groups is 1. The van der Waals surface area contributed by atoms with E-state index in [0.717, 1.165) is 13.0 Å². The topological polar surface area (TPSA) is 41.1 Å². The molecule has 1 saturated heterocycles. The second-order valence-corrected chi connectivity index (χ2v) is 3.61. The van der Waals surface area contributed by atoms with Crippen molar-refractivity contribution in [3.05, 3.63) is 0 Å². The van der Waals surface area contributed by atoms with Crippen LogP contribution in [0, 0.1) is 11.8 Å². The van der Waals surface area contributed by atoms with Crippen LogP contribution < -0.4 is 10.6 Å². The molecule has 1 aliphatic rings. The van der Waals surface area contributed by atoms with Crippen LogP contribution in [0.15, 0.2) is 0 Å². The van der Waals surface area contributed by atoms with Crippen LogP contribution in [-0.4, -0.2) is 25.5 Å². The van der Waals surface area contributed by atoms with Gasteiger partial charge in [0, 0.05) is 19.0 Å². The fourth-order valence-electron chi connectivity index (χ4n) is 1.82. The zero-order chi connectivity index (χ0) is 9.14. The molecule has 3 atom stereocenters. The second kappa shape index (κ2) is 3.90. The summed E-state index contributed by atoms with van der Waals surface area (Å²) in [5, 5.41) is 6.08. The van der Waals surface area contributed by atoms with E-state index < -0.39 is 0 Å². The molecule has 0 spiro atoms. The van der Waals surface area contributed by atoms with E-state index in [9.17, 15) is 4.79 Å². The molecule has 3 unspecified atom stereocenters. The van der Waals surface area contributed by atoms with E-state index in [1.165, 1.54) is 0 Å². The first kappa shape index (κ1) is 9.52. The van der Waals surface area contributed by atoms with Crippen LogP contribution in [0.4, 0.5) is 0 Å². The summed E-state index contributed by atoms with van der Waals surface area (Å²) < 4.78 is 0. The Morgan fingerprint density at radius 1 is 1.50 bits per heavy atom. The van der Waals surface area contributed by atoms with Crippen LogP contribution in [0.5, 0.6) is 0 Å². The van der Waals surface area contributed by atoms with Crippen molar-refractivity contribution >= 4 is 5.91 Å². The van der Waals surface area contributed by atoms with Gasteiger partial charge in [0.2, 0.25) is 5.91 Å². The predicted octanol–water partition coefficient (Wildman–Crippen LogP) is 0.366. The van der Waals surface area contributed by atoms with Crippen LogP contribution in [-0.2, 0) is 4.79 Å². The molecule has 0 radical (unpaired) electrons. The number of nitrogens with one attached hydrogen (secondary N) is 2. The molecule has 3 nitrogen and oxygen atoms in total. The lowest BCUT2D eigenvalue weighted by molar-refractivity contribution is -0.127. The Morgan fingerprint density at radius 2 is 2.17 bits per heavy atom. The molecule has 0 saturated carbocycles. The molecule has 1 rings (SSSR count). The average molecular weight is 170 g/mol. The lowest BCUT2D eigenvalue weighted by Gasteiger charge is -2.33. The van der Waals surface area contributed by atoms with Gasteiger partial charge in [0.05, 0.1) is 0 Å². The Labute approximate surface area is 73.9 Å². The number of piperidine rings is 1. The molecule has 1 fully saturated rings. The number of carbonyl (C=O) groups excluding carboxylic acids is 1. The molecule has 0 aromatic rings. The minimum absolute atomic E-state index is 0.191. The average Bonchev–Trinajstić information content (AvgIpc) is 2.08. The van der Waals surface area contributed by atoms with Crippen molar-refractivity contribution in [2.45, 2.75) is 26.3 Å². The van der Waals surface area contributed by atoms with E-state index in [0.29, 0.717) is 12.0 Å². The Balaban J connectivity index is 2.57. The van der Waals surface area contributed by atoms with Gasteiger partial charge in [-0.25, -0.2) is 0 Å². The molecule has 1 heterocycles. The Hall–Kier alpha value is -0.570. The van der Waals surface area contributed by atoms with Gasteiger partial charge < -0.3 is 10.6 Å². The van der Waals surface area contributed by atoms with Gasteiger partial charge in [0.25, 0.3) is 0 Å². The number of rotatable bonds is 1. The van der Waals surface area contributed by atoms with Crippen molar-refractivity contribution in [1.82, 2.24) is 10.6 Å². The van der Waals surface area contributed by atoms with Crippen LogP contribution in [0.1, 0.15) is 20.3 Å². The Morgan fingerprint density at radius 3 is 2.75 bits per heavy atom. The van der Waals surface area contributed by atoms with E-state index in [1.54, 1.807) is 7.05 Å². The highest BCUT2D eigenvalue weighted by Gasteiger charge is 2.31. The van der Waals surface area contributed by atoms with E-state index in [1.807, 2.05) is 0 Å². The van der Waals surface area contributed by atoms with E-state index >= 15 is 0 Å². The van der Waals surface area contributed by atoms with Gasteiger partial charge in [-0.3, -0.25) is 4.79 Å². The van der Waals surface area contributed by atoms with E-state index in [-0.39, 0.29) is 11.8 Å². The monoisotopic (exact) mass is 170 g/mol. The van der Waals surface area contributed by atoms with E-state index in [4.69, 9.17) is 0 Å². The largest absolute Gasteiger partial charge is 0.359 e. The van der Waals surface area contributed by atoms with Gasteiger partial charge in [-0.05, 0) is 25.8 Å². The molecule has 2 N–H and O–H groups in total. The zero-order valence-electron chi connectivity index (χ0n) is 8.05. The summed E-state index contributed by atoms with van der Waals surface area (Å²) in [7, 11) is 1.71. The molecule has 3 heteroatoms. The van der Waals surface area contributed by atoms with Gasteiger partial charge in [-0.15, -0.1) is 0 Å². The fraction of sp³-hybridized carbons (Fsp3) is 0.889. The van der Waals surface area contributed by atoms with Crippen LogP contribution >= 0.6 is 0 Å². The Kier molecular flexibility index (Phi) is 3.09. The molecule has 1 amide bonds. The smallest absolute Gasteiger partial charge is 0.223 e. The lowest BCUT2D eigenvalue weighted by atomic mass is 9.82. The highest BCUT2D eigenvalue weighted by atomic mass is 16.1. The van der Waals surface area contributed by atoms with Crippen LogP contribution in [0.2, 0.25) is 0 Å². The molecule has 0 aromatic heterocycles. The van der Waals surface area contributed by atoms with Crippen molar-refractivity contribution in [2.75, 3.05) is 13.6 Å². The molecule has 1 aliphatic heterocycles. The third kappa shape index (κ3) is 1.78. The van der Waals surface area contributed by atoms with Crippen molar-refractivity contribution in [3.63, 3.8) is 0 Å². The number of hydrogen-bond donors (Lipinski definition) is 2. The fourth-order valence-corrected chi connectivity index (χ4v) is 1.82. The molecular formula is C9H18N2O. The van der Waals surface area contributed by atoms with Gasteiger partial charge in [-0.2, -0.15) is 0 Å². The van der Waals surface area contributed by atoms with Crippen LogP contribution in [0.25, 0.3) is 0 Å². The molecule has 0 aliphatic carbocycles. The van der Waals surface area contributed by atoms with Gasteiger partial charge in [0.1, 0.15) is 0 Å². The highest BCUT2D eigenvalue weighted by Crippen LogP contribution is 2.22. The normalized spacial score (nSPS) is 36.1. The van der Waals surface area contributed by atoms with Crippen molar-refractivity contribution in [1.29, 1.82) is 0 Å². The summed E-state index contributed by atoms with van der Waals surface area (Å²) in [4.78, 5) is 11.4. The quantitative estimate of drug-likeness (QED) is 0.597. The summed E-state index contributed by atoms with van der Waals surface area (Å²) in [5.41, 5.74) is 0. The minimum atomic E-state index is 0.191. The standard InChI is InChI=1S/C9H18N2O/c1-6-7(2)11-5-4-8(6)9(12)10-3/h6-8,11H,4-5H2,1-3H3,(H,10,12). The second-order valence-electron chi connectivity index (χ2n) is 3.61. The van der Waals surface area contributed by atoms with E-state index in [2.05, 4.69) is 24.5 Å². The molecule has 0 bridgehead atoms. The van der Waals surface area contributed by atoms with Crippen molar-refractivity contribution in [3.8, 4) is 0 Å². The Bertz CT molecular complexity index is 170. The highest BCUT2D eigenvalue weighted by molar-refractivity contribution is 5.78. The maximum absolute atomic E-state index is 11.4. The maximum Gasteiger partial charge on any atom is 0.223 e. The molecule has 70 valence electrons. The summed E-state index contributed by atoms with van der Waals surface area (Å²) in [6.07, 6.45) is 0.963. The first-order valence-corrected chi connectivity index (χ1v) is 4.61. The first-order chi connectivity index (χ1) is 5.66. The van der Waals surface area contributed by atoms with Crippen LogP contribution in [0.3, 0.4) is 0 Å². The van der Waals surface area contributed by atoms with Gasteiger partial charge in [0.15, 0.2) is 0 Å². The minimum Gasteiger partial charge on any atom is -0.359 e. The molecule has 0 aromatic carbocycles. The molecular weight excluding hydrogens is 152 g/mol.